The van der Waals surface area contributed by atoms with Gasteiger partial charge < -0.3 is 0 Å². The minimum absolute atomic E-state index is 0.224. The fraction of sp³-hybridized carbons (Fsp3) is 0.176. The van der Waals surface area contributed by atoms with E-state index in [9.17, 15) is 9.59 Å². The van der Waals surface area contributed by atoms with Crippen LogP contribution in [-0.2, 0) is 0 Å². The van der Waals surface area contributed by atoms with Crippen LogP contribution in [0.15, 0.2) is 46.2 Å². The van der Waals surface area contributed by atoms with Gasteiger partial charge in [-0.15, -0.1) is 0 Å². The maximum absolute atomic E-state index is 12.0. The Morgan fingerprint density at radius 2 is 1.67 bits per heavy atom. The number of carbonyl (C=O) groups excluding carboxylic acids is 2. The lowest BCUT2D eigenvalue weighted by molar-refractivity contribution is 0.0693. The average molecular weight is 297 g/mol. The number of benzene rings is 2. The van der Waals surface area contributed by atoms with E-state index in [0.717, 1.165) is 9.80 Å². The van der Waals surface area contributed by atoms with Crippen LogP contribution >= 0.6 is 11.8 Å². The van der Waals surface area contributed by atoms with Crippen LogP contribution in [0.5, 0.6) is 0 Å². The molecule has 2 aromatic carbocycles. The van der Waals surface area contributed by atoms with Crippen LogP contribution in [0.25, 0.3) is 0 Å². The van der Waals surface area contributed by atoms with E-state index in [1.807, 2.05) is 18.2 Å². The van der Waals surface area contributed by atoms with Gasteiger partial charge in [0.15, 0.2) is 0 Å². The number of aryl methyl sites for hydroxylation is 1. The molecule has 106 valence electrons. The van der Waals surface area contributed by atoms with Crippen molar-refractivity contribution in [1.29, 1.82) is 0 Å². The summed E-state index contributed by atoms with van der Waals surface area (Å²) in [4.78, 5) is 27.2. The van der Waals surface area contributed by atoms with Gasteiger partial charge in [0, 0.05) is 16.8 Å². The van der Waals surface area contributed by atoms with Crippen molar-refractivity contribution in [2.75, 3.05) is 7.05 Å². The molecule has 2 aromatic rings. The summed E-state index contributed by atoms with van der Waals surface area (Å²) >= 11 is 1.62. The second-order valence-electron chi connectivity index (χ2n) is 5.18. The Balaban J connectivity index is 1.98. The van der Waals surface area contributed by atoms with Gasteiger partial charge in [-0.25, -0.2) is 0 Å². The molecule has 2 amide bonds. The van der Waals surface area contributed by atoms with Crippen LogP contribution < -0.4 is 0 Å². The van der Waals surface area contributed by atoms with Crippen molar-refractivity contribution < 1.29 is 9.59 Å². The molecule has 1 aliphatic rings. The van der Waals surface area contributed by atoms with Crippen molar-refractivity contribution in [3.63, 3.8) is 0 Å². The normalized spacial score (nSPS) is 13.8. The van der Waals surface area contributed by atoms with E-state index in [4.69, 9.17) is 0 Å². The van der Waals surface area contributed by atoms with E-state index in [2.05, 4.69) is 26.0 Å². The van der Waals surface area contributed by atoms with Crippen LogP contribution in [0, 0.1) is 13.8 Å². The van der Waals surface area contributed by atoms with E-state index >= 15 is 0 Å². The van der Waals surface area contributed by atoms with Gasteiger partial charge in [-0.3, -0.25) is 14.5 Å². The Morgan fingerprint density at radius 3 is 2.43 bits per heavy atom. The molecular formula is C17H15NO2S. The maximum atomic E-state index is 12.0. The average Bonchev–Trinajstić information content (AvgIpc) is 2.69. The molecule has 0 saturated heterocycles. The van der Waals surface area contributed by atoms with Gasteiger partial charge in [-0.05, 0) is 49.2 Å². The van der Waals surface area contributed by atoms with Crippen LogP contribution in [0.1, 0.15) is 31.8 Å². The predicted molar refractivity (Wildman–Crippen MR) is 82.9 cm³/mol. The highest BCUT2D eigenvalue weighted by Gasteiger charge is 2.32. The summed E-state index contributed by atoms with van der Waals surface area (Å²) in [6, 6.07) is 11.6. The number of fused-ring (bicyclic) bond motifs is 1. The number of amides is 2. The molecule has 0 radical (unpaired) electrons. The summed E-state index contributed by atoms with van der Waals surface area (Å²) in [6.45, 7) is 4.17. The molecule has 0 fully saturated rings. The Hall–Kier alpha value is -2.07. The molecule has 3 rings (SSSR count). The molecule has 4 heteroatoms. The van der Waals surface area contributed by atoms with E-state index in [1.54, 1.807) is 17.8 Å². The summed E-state index contributed by atoms with van der Waals surface area (Å²) in [5, 5.41) is 0. The fourth-order valence-electron chi connectivity index (χ4n) is 2.37. The molecule has 0 bridgehead atoms. The lowest BCUT2D eigenvalue weighted by atomic mass is 10.1. The zero-order valence-corrected chi connectivity index (χ0v) is 13.0. The molecule has 3 nitrogen and oxygen atoms in total. The van der Waals surface area contributed by atoms with Crippen molar-refractivity contribution >= 4 is 23.6 Å². The third kappa shape index (κ3) is 2.25. The third-order valence-corrected chi connectivity index (χ3v) is 5.00. The Bertz CT molecular complexity index is 767. The fourth-order valence-corrected chi connectivity index (χ4v) is 3.39. The molecule has 0 atom stereocenters. The minimum atomic E-state index is -0.224. The van der Waals surface area contributed by atoms with Gasteiger partial charge in [0.05, 0.1) is 11.1 Å². The monoisotopic (exact) mass is 297 g/mol. The van der Waals surface area contributed by atoms with Crippen LogP contribution in [-0.4, -0.2) is 23.8 Å². The van der Waals surface area contributed by atoms with Crippen LogP contribution in [0.3, 0.4) is 0 Å². The number of hydrogen-bond donors (Lipinski definition) is 0. The van der Waals surface area contributed by atoms with Crippen molar-refractivity contribution in [3.05, 3.63) is 58.7 Å². The molecule has 21 heavy (non-hydrogen) atoms. The second kappa shape index (κ2) is 5.04. The number of imide groups is 1. The molecule has 1 aliphatic heterocycles. The molecule has 0 unspecified atom stereocenters. The lowest BCUT2D eigenvalue weighted by Gasteiger charge is -2.08. The molecular weight excluding hydrogens is 282 g/mol. The van der Waals surface area contributed by atoms with Crippen molar-refractivity contribution in [1.82, 2.24) is 4.90 Å². The SMILES string of the molecule is Cc1cccc(Sc2ccc3c(c2)C(=O)N(C)C3=O)c1C. The van der Waals surface area contributed by atoms with E-state index in [0.29, 0.717) is 11.1 Å². The van der Waals surface area contributed by atoms with E-state index in [1.165, 1.54) is 23.1 Å². The van der Waals surface area contributed by atoms with Gasteiger partial charge in [0.2, 0.25) is 0 Å². The Kier molecular flexibility index (Phi) is 3.33. The van der Waals surface area contributed by atoms with E-state index < -0.39 is 0 Å². The summed E-state index contributed by atoms with van der Waals surface area (Å²) in [5.41, 5.74) is 3.47. The first-order valence-corrected chi connectivity index (χ1v) is 7.51. The summed E-state index contributed by atoms with van der Waals surface area (Å²) < 4.78 is 0. The zero-order chi connectivity index (χ0) is 15.1. The van der Waals surface area contributed by atoms with Gasteiger partial charge >= 0.3 is 0 Å². The second-order valence-corrected chi connectivity index (χ2v) is 6.29. The first kappa shape index (κ1) is 13.9. The minimum Gasteiger partial charge on any atom is -0.277 e. The van der Waals surface area contributed by atoms with Gasteiger partial charge in [0.25, 0.3) is 11.8 Å². The molecule has 0 aliphatic carbocycles. The summed E-state index contributed by atoms with van der Waals surface area (Å²) in [7, 11) is 1.52. The first-order chi connectivity index (χ1) is 9.99. The van der Waals surface area contributed by atoms with Crippen LogP contribution in [0.2, 0.25) is 0 Å². The number of hydrogen-bond acceptors (Lipinski definition) is 3. The smallest absolute Gasteiger partial charge is 0.261 e. The highest BCUT2D eigenvalue weighted by Crippen LogP contribution is 2.34. The molecule has 0 N–H and O–H groups in total. The molecule has 0 aromatic heterocycles. The highest BCUT2D eigenvalue weighted by atomic mass is 32.2. The zero-order valence-electron chi connectivity index (χ0n) is 12.1. The summed E-state index contributed by atoms with van der Waals surface area (Å²) in [5.74, 6) is -0.447. The van der Waals surface area contributed by atoms with Crippen molar-refractivity contribution in [3.8, 4) is 0 Å². The van der Waals surface area contributed by atoms with Gasteiger partial charge in [0.1, 0.15) is 0 Å². The molecule has 0 saturated carbocycles. The van der Waals surface area contributed by atoms with Crippen LogP contribution in [0.4, 0.5) is 0 Å². The quantitative estimate of drug-likeness (QED) is 0.794. The maximum Gasteiger partial charge on any atom is 0.261 e. The number of nitrogens with zero attached hydrogens (tertiary/aromatic N) is 1. The highest BCUT2D eigenvalue weighted by molar-refractivity contribution is 7.99. The molecule has 1 heterocycles. The first-order valence-electron chi connectivity index (χ1n) is 6.69. The molecule has 0 spiro atoms. The third-order valence-electron chi connectivity index (χ3n) is 3.84. The summed E-state index contributed by atoms with van der Waals surface area (Å²) in [6.07, 6.45) is 0. The number of carbonyl (C=O) groups is 2. The van der Waals surface area contributed by atoms with Gasteiger partial charge in [-0.2, -0.15) is 0 Å². The van der Waals surface area contributed by atoms with E-state index in [-0.39, 0.29) is 11.8 Å². The van der Waals surface area contributed by atoms with Crippen molar-refractivity contribution in [2.45, 2.75) is 23.6 Å². The van der Waals surface area contributed by atoms with Crippen molar-refractivity contribution in [2.24, 2.45) is 0 Å². The lowest BCUT2D eigenvalue weighted by Crippen LogP contribution is -2.24. The van der Waals surface area contributed by atoms with Gasteiger partial charge in [-0.1, -0.05) is 23.9 Å². The number of rotatable bonds is 2. The topological polar surface area (TPSA) is 37.4 Å². The standard InChI is InChI=1S/C17H15NO2S/c1-10-5-4-6-15(11(10)2)21-12-7-8-13-14(9-12)17(20)18(3)16(13)19/h4-9H,1-3H3. The largest absolute Gasteiger partial charge is 0.277 e. The Morgan fingerprint density at radius 1 is 0.952 bits per heavy atom. The Labute approximate surface area is 128 Å². The predicted octanol–water partition coefficient (Wildman–Crippen LogP) is 3.68.